The van der Waals surface area contributed by atoms with Crippen LogP contribution in [0.2, 0.25) is 0 Å². The molecule has 1 aliphatic carbocycles. The molecule has 1 aliphatic rings. The highest BCUT2D eigenvalue weighted by Crippen LogP contribution is 2.26. The van der Waals surface area contributed by atoms with Gasteiger partial charge in [0.15, 0.2) is 5.54 Å². The summed E-state index contributed by atoms with van der Waals surface area (Å²) in [6, 6.07) is 9.90. The Kier molecular flexibility index (Phi) is 5.07. The Balaban J connectivity index is 2.35. The molecule has 2 heteroatoms. The van der Waals surface area contributed by atoms with E-state index in [1.54, 1.807) is 0 Å². The monoisotopic (exact) mass is 283 g/mol. The molecule has 0 aromatic heterocycles. The Labute approximate surface area is 128 Å². The van der Waals surface area contributed by atoms with Gasteiger partial charge in [0.1, 0.15) is 0 Å². The molecule has 1 aromatic rings. The van der Waals surface area contributed by atoms with Gasteiger partial charge in [-0.05, 0) is 25.0 Å². The molecule has 1 fully saturated rings. The molecule has 0 heterocycles. The lowest BCUT2D eigenvalue weighted by molar-refractivity contribution is -0.536. The van der Waals surface area contributed by atoms with Crippen LogP contribution < -0.4 is 0 Å². The van der Waals surface area contributed by atoms with E-state index < -0.39 is 5.54 Å². The first-order valence-corrected chi connectivity index (χ1v) is 7.90. The second kappa shape index (κ2) is 6.80. The molecule has 0 saturated heterocycles. The van der Waals surface area contributed by atoms with Crippen LogP contribution in [0, 0.1) is 23.0 Å². The van der Waals surface area contributed by atoms with E-state index in [0.29, 0.717) is 5.92 Å². The average molecular weight is 283 g/mol. The summed E-state index contributed by atoms with van der Waals surface area (Å²) in [7, 11) is 0. The van der Waals surface area contributed by atoms with Crippen LogP contribution in [-0.4, -0.2) is 16.0 Å². The zero-order valence-electron chi connectivity index (χ0n) is 13.4. The van der Waals surface area contributed by atoms with Gasteiger partial charge in [0, 0.05) is 32.3 Å². The minimum atomic E-state index is -0.432. The average Bonchev–Trinajstić information content (AvgIpc) is 2.48. The van der Waals surface area contributed by atoms with Gasteiger partial charge in [0.05, 0.1) is 5.92 Å². The molecule has 0 spiro atoms. The third-order valence-corrected chi connectivity index (χ3v) is 3.93. The van der Waals surface area contributed by atoms with Crippen LogP contribution in [0.3, 0.4) is 0 Å². The molecule has 2 nitrogen and oxygen atoms in total. The van der Waals surface area contributed by atoms with Crippen molar-refractivity contribution >= 4 is 5.71 Å². The summed E-state index contributed by atoms with van der Waals surface area (Å²) >= 11 is 0. The number of hydrogen-bond acceptors (Lipinski definition) is 1. The van der Waals surface area contributed by atoms with Crippen molar-refractivity contribution in [2.45, 2.75) is 58.4 Å². The molecule has 0 amide bonds. The lowest BCUT2D eigenvalue weighted by atomic mass is 9.85. The molecule has 0 aliphatic heterocycles. The van der Waals surface area contributed by atoms with E-state index in [4.69, 9.17) is 0 Å². The second-order valence-electron chi connectivity index (χ2n) is 6.80. The van der Waals surface area contributed by atoms with E-state index in [-0.39, 0.29) is 0 Å². The molecular weight excluding hydrogens is 258 g/mol. The van der Waals surface area contributed by atoms with Crippen molar-refractivity contribution in [3.8, 4) is 11.8 Å². The van der Waals surface area contributed by atoms with Crippen LogP contribution in [0.1, 0.15) is 58.4 Å². The Bertz CT molecular complexity index is 549. The van der Waals surface area contributed by atoms with Gasteiger partial charge in [-0.2, -0.15) is 4.74 Å². The first-order valence-electron chi connectivity index (χ1n) is 7.90. The van der Waals surface area contributed by atoms with E-state index >= 15 is 0 Å². The second-order valence-corrected chi connectivity index (χ2v) is 6.80. The number of hydrogen-bond donors (Lipinski definition) is 0. The molecule has 0 atom stereocenters. The largest absolute Gasteiger partial charge is 0.623 e. The maximum absolute atomic E-state index is 12.7. The molecule has 0 radical (unpaired) electrons. The summed E-state index contributed by atoms with van der Waals surface area (Å²) in [4.78, 5) is 0. The zero-order valence-corrected chi connectivity index (χ0v) is 13.4. The lowest BCUT2D eigenvalue weighted by Crippen LogP contribution is -2.36. The van der Waals surface area contributed by atoms with E-state index in [2.05, 4.69) is 11.8 Å². The van der Waals surface area contributed by atoms with E-state index in [1.807, 2.05) is 51.1 Å². The maximum Gasteiger partial charge on any atom is 0.242 e. The fraction of sp³-hybridized carbons (Fsp3) is 0.526. The van der Waals surface area contributed by atoms with Crippen molar-refractivity contribution in [1.29, 1.82) is 0 Å². The van der Waals surface area contributed by atoms with Crippen molar-refractivity contribution in [1.82, 2.24) is 0 Å². The minimum absolute atomic E-state index is 0.326. The fourth-order valence-electron chi connectivity index (χ4n) is 2.71. The lowest BCUT2D eigenvalue weighted by Gasteiger charge is -2.26. The Morgan fingerprint density at radius 1 is 1.10 bits per heavy atom. The molecular formula is C19H25NO. The minimum Gasteiger partial charge on any atom is -0.623 e. The Morgan fingerprint density at radius 2 is 1.71 bits per heavy atom. The molecule has 1 aromatic carbocycles. The van der Waals surface area contributed by atoms with Gasteiger partial charge in [-0.25, -0.2) is 0 Å². The number of benzene rings is 1. The van der Waals surface area contributed by atoms with Gasteiger partial charge in [-0.15, -0.1) is 0 Å². The smallest absolute Gasteiger partial charge is 0.242 e. The van der Waals surface area contributed by atoms with Crippen LogP contribution in [0.25, 0.3) is 0 Å². The van der Waals surface area contributed by atoms with Gasteiger partial charge in [0.25, 0.3) is 0 Å². The summed E-state index contributed by atoms with van der Waals surface area (Å²) in [6.07, 6.45) is 5.88. The zero-order chi connectivity index (χ0) is 15.3. The quantitative estimate of drug-likeness (QED) is 0.247. The summed E-state index contributed by atoms with van der Waals surface area (Å²) < 4.78 is 1.14. The highest BCUT2D eigenvalue weighted by atomic mass is 16.5. The molecule has 0 N–H and O–H groups in total. The molecule has 2 rings (SSSR count). The van der Waals surface area contributed by atoms with Crippen LogP contribution in [0.5, 0.6) is 0 Å². The van der Waals surface area contributed by atoms with E-state index in [0.717, 1.165) is 28.9 Å². The predicted molar refractivity (Wildman–Crippen MR) is 88.3 cm³/mol. The SMILES string of the molecule is CC(C)(C)/[N+]([O-])=C(\C#Cc1ccccc1)C1CCCCC1. The predicted octanol–water partition coefficient (Wildman–Crippen LogP) is 4.37. The third-order valence-electron chi connectivity index (χ3n) is 3.93. The maximum atomic E-state index is 12.7. The van der Waals surface area contributed by atoms with Crippen LogP contribution in [0.4, 0.5) is 0 Å². The molecule has 0 bridgehead atoms. The van der Waals surface area contributed by atoms with Crippen molar-refractivity contribution in [3.63, 3.8) is 0 Å². The van der Waals surface area contributed by atoms with Gasteiger partial charge in [-0.1, -0.05) is 43.4 Å². The summed E-state index contributed by atoms with van der Waals surface area (Å²) in [6.45, 7) is 5.85. The van der Waals surface area contributed by atoms with Gasteiger partial charge >= 0.3 is 0 Å². The normalized spacial score (nSPS) is 17.7. The summed E-state index contributed by atoms with van der Waals surface area (Å²) in [5, 5.41) is 12.7. The first-order chi connectivity index (χ1) is 9.98. The summed E-state index contributed by atoms with van der Waals surface area (Å²) in [5.74, 6) is 6.68. The molecule has 112 valence electrons. The Hall–Kier alpha value is -1.75. The van der Waals surface area contributed by atoms with Crippen LogP contribution >= 0.6 is 0 Å². The number of rotatable bonds is 1. The van der Waals surface area contributed by atoms with Crippen LogP contribution in [0.15, 0.2) is 30.3 Å². The van der Waals surface area contributed by atoms with Gasteiger partial charge in [0.2, 0.25) is 5.71 Å². The highest BCUT2D eigenvalue weighted by Gasteiger charge is 2.29. The third kappa shape index (κ3) is 4.36. The van der Waals surface area contributed by atoms with E-state index in [9.17, 15) is 5.21 Å². The summed E-state index contributed by atoms with van der Waals surface area (Å²) in [5.41, 5.74) is 1.30. The van der Waals surface area contributed by atoms with Crippen molar-refractivity contribution in [3.05, 3.63) is 41.1 Å². The van der Waals surface area contributed by atoms with Crippen LogP contribution in [-0.2, 0) is 0 Å². The standard InChI is InChI=1S/C19H25NO/c1-19(2,3)20(21)18(17-12-8-5-9-13-17)15-14-16-10-6-4-7-11-16/h4,6-7,10-11,17H,5,8-9,12-13H2,1-3H3/b20-18-. The highest BCUT2D eigenvalue weighted by molar-refractivity contribution is 5.99. The first kappa shape index (κ1) is 15.6. The fourth-order valence-corrected chi connectivity index (χ4v) is 2.71. The number of hydroxylamine groups is 1. The number of nitrogens with zero attached hydrogens (tertiary/aromatic N) is 1. The van der Waals surface area contributed by atoms with Crippen molar-refractivity contribution in [2.24, 2.45) is 5.92 Å². The molecule has 21 heavy (non-hydrogen) atoms. The van der Waals surface area contributed by atoms with Crippen molar-refractivity contribution < 1.29 is 4.74 Å². The molecule has 0 unspecified atom stereocenters. The van der Waals surface area contributed by atoms with E-state index in [1.165, 1.54) is 19.3 Å². The molecule has 1 saturated carbocycles. The topological polar surface area (TPSA) is 26.1 Å². The van der Waals surface area contributed by atoms with Gasteiger partial charge < -0.3 is 5.21 Å². The Morgan fingerprint density at radius 3 is 2.29 bits per heavy atom. The van der Waals surface area contributed by atoms with Crippen molar-refractivity contribution in [2.75, 3.05) is 0 Å². The van der Waals surface area contributed by atoms with Gasteiger partial charge in [-0.3, -0.25) is 0 Å².